The third-order valence-corrected chi connectivity index (χ3v) is 2.93. The van der Waals surface area contributed by atoms with Crippen LogP contribution in [0.4, 0.5) is 0 Å². The Bertz CT molecular complexity index is 400. The number of nitrogens with zero attached hydrogens (tertiary/aromatic N) is 1. The van der Waals surface area contributed by atoms with Gasteiger partial charge in [-0.2, -0.15) is 0 Å². The molecule has 0 atom stereocenters. The van der Waals surface area contributed by atoms with Crippen molar-refractivity contribution in [3.05, 3.63) is 21.7 Å². The monoisotopic (exact) mass is 224 g/mol. The summed E-state index contributed by atoms with van der Waals surface area (Å²) in [7, 11) is 0. The van der Waals surface area contributed by atoms with Crippen molar-refractivity contribution in [2.24, 2.45) is 0 Å². The van der Waals surface area contributed by atoms with Crippen LogP contribution in [0.5, 0.6) is 0 Å². The van der Waals surface area contributed by atoms with Gasteiger partial charge in [-0.1, -0.05) is 19.1 Å². The van der Waals surface area contributed by atoms with Crippen LogP contribution in [0.25, 0.3) is 0 Å². The number of nitrogens with one attached hydrogen (secondary N) is 1. The molecule has 0 aromatic carbocycles. The normalized spacial score (nSPS) is 14.2. The highest BCUT2D eigenvalue weighted by Crippen LogP contribution is 2.20. The summed E-state index contributed by atoms with van der Waals surface area (Å²) in [5.74, 6) is 0.870. The van der Waals surface area contributed by atoms with Gasteiger partial charge in [0.15, 0.2) is 0 Å². The summed E-state index contributed by atoms with van der Waals surface area (Å²) in [5, 5.41) is 0. The first-order valence-corrected chi connectivity index (χ1v) is 5.90. The first kappa shape index (κ1) is 10.8. The molecule has 1 aromatic rings. The molecule has 1 aliphatic rings. The molecule has 1 N–H and O–H groups in total. The molecule has 0 amide bonds. The maximum atomic E-state index is 5.44. The fraction of sp³-hybridized carbons (Fsp3) is 0.636. The molecular weight excluding hydrogens is 208 g/mol. The Morgan fingerprint density at radius 1 is 1.47 bits per heavy atom. The Morgan fingerprint density at radius 3 is 3.13 bits per heavy atom. The zero-order valence-electron chi connectivity index (χ0n) is 9.01. The third kappa shape index (κ3) is 2.44. The van der Waals surface area contributed by atoms with Gasteiger partial charge < -0.3 is 9.72 Å². The molecule has 1 heterocycles. The lowest BCUT2D eigenvalue weighted by Crippen LogP contribution is -2.03. The zero-order valence-corrected chi connectivity index (χ0v) is 9.82. The minimum Gasteiger partial charge on any atom is -0.374 e. The van der Waals surface area contributed by atoms with E-state index in [4.69, 9.17) is 17.0 Å². The minimum atomic E-state index is 0.546. The molecule has 1 aliphatic carbocycles. The van der Waals surface area contributed by atoms with Gasteiger partial charge in [-0.15, -0.1) is 0 Å². The highest BCUT2D eigenvalue weighted by atomic mass is 32.1. The van der Waals surface area contributed by atoms with E-state index in [2.05, 4.69) is 16.9 Å². The second-order valence-corrected chi connectivity index (χ2v) is 4.24. The molecule has 0 unspecified atom stereocenters. The van der Waals surface area contributed by atoms with E-state index < -0.39 is 0 Å². The van der Waals surface area contributed by atoms with Crippen LogP contribution in [0.3, 0.4) is 0 Å². The summed E-state index contributed by atoms with van der Waals surface area (Å²) in [6.45, 7) is 3.42. The van der Waals surface area contributed by atoms with Crippen LogP contribution in [0.15, 0.2) is 0 Å². The maximum Gasteiger partial charge on any atom is 0.134 e. The Morgan fingerprint density at radius 2 is 2.33 bits per heavy atom. The lowest BCUT2D eigenvalue weighted by Gasteiger charge is -2.05. The summed E-state index contributed by atoms with van der Waals surface area (Å²) in [6, 6.07) is 0. The summed E-state index contributed by atoms with van der Waals surface area (Å²) >= 11 is 5.26. The molecule has 0 saturated carbocycles. The van der Waals surface area contributed by atoms with Gasteiger partial charge >= 0.3 is 0 Å². The Hall–Kier alpha value is -0.740. The lowest BCUT2D eigenvalue weighted by atomic mass is 10.3. The van der Waals surface area contributed by atoms with Gasteiger partial charge in [-0.25, -0.2) is 4.98 Å². The summed E-state index contributed by atoms with van der Waals surface area (Å²) in [5.41, 5.74) is 2.51. The fourth-order valence-electron chi connectivity index (χ4n) is 1.89. The summed E-state index contributed by atoms with van der Waals surface area (Å²) in [4.78, 5) is 7.67. The molecule has 0 spiro atoms. The smallest absolute Gasteiger partial charge is 0.134 e. The van der Waals surface area contributed by atoms with Crippen LogP contribution in [-0.4, -0.2) is 16.6 Å². The number of H-pyrrole nitrogens is 1. The Kier molecular flexibility index (Phi) is 3.49. The van der Waals surface area contributed by atoms with E-state index in [1.165, 1.54) is 17.7 Å². The highest BCUT2D eigenvalue weighted by Gasteiger charge is 2.14. The fourth-order valence-corrected chi connectivity index (χ4v) is 2.23. The van der Waals surface area contributed by atoms with Crippen molar-refractivity contribution in [3.63, 3.8) is 0 Å². The van der Waals surface area contributed by atoms with Crippen LogP contribution >= 0.6 is 12.2 Å². The molecule has 0 fully saturated rings. The second kappa shape index (κ2) is 4.86. The molecule has 0 bridgehead atoms. The van der Waals surface area contributed by atoms with Crippen molar-refractivity contribution in [1.82, 2.24) is 9.97 Å². The predicted molar refractivity (Wildman–Crippen MR) is 61.4 cm³/mol. The van der Waals surface area contributed by atoms with Gasteiger partial charge in [-0.3, -0.25) is 0 Å². The van der Waals surface area contributed by atoms with Crippen molar-refractivity contribution in [1.29, 1.82) is 0 Å². The van der Waals surface area contributed by atoms with Crippen molar-refractivity contribution in [3.8, 4) is 0 Å². The zero-order chi connectivity index (χ0) is 10.7. The number of ether oxygens (including phenoxy) is 1. The van der Waals surface area contributed by atoms with Crippen LogP contribution in [0.1, 0.15) is 36.8 Å². The van der Waals surface area contributed by atoms with E-state index in [-0.39, 0.29) is 0 Å². The highest BCUT2D eigenvalue weighted by molar-refractivity contribution is 7.71. The van der Waals surface area contributed by atoms with Crippen molar-refractivity contribution in [2.45, 2.75) is 39.2 Å². The van der Waals surface area contributed by atoms with Gasteiger partial charge in [0.25, 0.3) is 0 Å². The lowest BCUT2D eigenvalue weighted by molar-refractivity contribution is 0.116. The molecule has 2 rings (SSSR count). The van der Waals surface area contributed by atoms with Gasteiger partial charge in [0.2, 0.25) is 0 Å². The summed E-state index contributed by atoms with van der Waals surface area (Å²) in [6.07, 6.45) is 4.40. The molecule has 4 heteroatoms. The first-order chi connectivity index (χ1) is 7.31. The van der Waals surface area contributed by atoms with Gasteiger partial charge in [0, 0.05) is 17.9 Å². The number of hydrogen-bond acceptors (Lipinski definition) is 3. The standard InChI is InChI=1S/C11H16N2OS/c1-2-6-14-7-10-12-9-5-3-4-8(9)11(15)13-10/h2-7H2,1H3,(H,12,13,15). The maximum absolute atomic E-state index is 5.44. The van der Waals surface area contributed by atoms with Crippen LogP contribution in [0.2, 0.25) is 0 Å². The van der Waals surface area contributed by atoms with E-state index in [1.807, 2.05) is 0 Å². The third-order valence-electron chi connectivity index (χ3n) is 2.59. The molecule has 3 nitrogen and oxygen atoms in total. The molecule has 82 valence electrons. The van der Waals surface area contributed by atoms with Gasteiger partial charge in [0.1, 0.15) is 17.1 Å². The first-order valence-electron chi connectivity index (χ1n) is 5.50. The molecule has 0 radical (unpaired) electrons. The number of hydrogen-bond donors (Lipinski definition) is 1. The minimum absolute atomic E-state index is 0.546. The molecule has 1 aromatic heterocycles. The average Bonchev–Trinajstić information content (AvgIpc) is 2.66. The summed E-state index contributed by atoms with van der Waals surface area (Å²) < 4.78 is 6.20. The SMILES string of the molecule is CCCOCc1nc(=S)c2c([nH]1)CCC2. The van der Waals surface area contributed by atoms with Gasteiger partial charge in [-0.05, 0) is 25.7 Å². The van der Waals surface area contributed by atoms with Crippen LogP contribution < -0.4 is 0 Å². The number of aromatic amines is 1. The van der Waals surface area contributed by atoms with Crippen molar-refractivity contribution < 1.29 is 4.74 Å². The molecular formula is C11H16N2OS. The van der Waals surface area contributed by atoms with Crippen molar-refractivity contribution >= 4 is 12.2 Å². The Balaban J connectivity index is 2.13. The number of aryl methyl sites for hydroxylation is 1. The van der Waals surface area contributed by atoms with Gasteiger partial charge in [0.05, 0.1) is 0 Å². The van der Waals surface area contributed by atoms with Crippen LogP contribution in [0, 0.1) is 4.64 Å². The quantitative estimate of drug-likeness (QED) is 0.631. The van der Waals surface area contributed by atoms with E-state index in [0.29, 0.717) is 6.61 Å². The number of rotatable bonds is 4. The largest absolute Gasteiger partial charge is 0.374 e. The second-order valence-electron chi connectivity index (χ2n) is 3.85. The van der Waals surface area contributed by atoms with E-state index in [1.54, 1.807) is 0 Å². The average molecular weight is 224 g/mol. The van der Waals surface area contributed by atoms with E-state index in [0.717, 1.165) is 36.3 Å². The Labute approximate surface area is 94.9 Å². The molecule has 0 aliphatic heterocycles. The number of aromatic nitrogens is 2. The number of fused-ring (bicyclic) bond motifs is 1. The molecule has 0 saturated heterocycles. The van der Waals surface area contributed by atoms with Crippen LogP contribution in [-0.2, 0) is 24.2 Å². The van der Waals surface area contributed by atoms with E-state index >= 15 is 0 Å². The van der Waals surface area contributed by atoms with Crippen molar-refractivity contribution in [2.75, 3.05) is 6.61 Å². The topological polar surface area (TPSA) is 37.9 Å². The predicted octanol–water partition coefficient (Wildman–Crippen LogP) is 2.55. The van der Waals surface area contributed by atoms with E-state index in [9.17, 15) is 0 Å². The molecule has 15 heavy (non-hydrogen) atoms.